The zero-order valence-corrected chi connectivity index (χ0v) is 14.9. The quantitative estimate of drug-likeness (QED) is 0.713. The second-order valence-electron chi connectivity index (χ2n) is 9.63. The van der Waals surface area contributed by atoms with Crippen LogP contribution in [0.2, 0.25) is 0 Å². The number of fused-ring (bicyclic) bond motifs is 5. The third-order valence-corrected chi connectivity index (χ3v) is 9.09. The zero-order valence-electron chi connectivity index (χ0n) is 14.9. The molecule has 0 spiro atoms. The highest BCUT2D eigenvalue weighted by atomic mass is 16.3. The first-order chi connectivity index (χ1) is 10.9. The van der Waals surface area contributed by atoms with Crippen LogP contribution < -0.4 is 0 Å². The lowest BCUT2D eigenvalue weighted by Gasteiger charge is -2.61. The van der Waals surface area contributed by atoms with Gasteiger partial charge in [-0.15, -0.1) is 6.58 Å². The molecule has 0 radical (unpaired) electrons. The van der Waals surface area contributed by atoms with Crippen molar-refractivity contribution in [1.82, 2.24) is 0 Å². The highest BCUT2D eigenvalue weighted by Crippen LogP contribution is 2.67. The van der Waals surface area contributed by atoms with E-state index in [0.717, 1.165) is 37.0 Å². The van der Waals surface area contributed by atoms with E-state index in [4.69, 9.17) is 0 Å². The predicted molar refractivity (Wildman–Crippen MR) is 92.8 cm³/mol. The molecule has 130 valence electrons. The topological polar surface area (TPSA) is 40.5 Å². The Bertz CT molecular complexity index is 488. The molecule has 0 amide bonds. The fourth-order valence-corrected chi connectivity index (χ4v) is 7.74. The van der Waals surface area contributed by atoms with Crippen molar-refractivity contribution in [2.24, 2.45) is 40.4 Å². The summed E-state index contributed by atoms with van der Waals surface area (Å²) in [5, 5.41) is 20.7. The molecule has 9 atom stereocenters. The summed E-state index contributed by atoms with van der Waals surface area (Å²) >= 11 is 0. The molecule has 0 saturated heterocycles. The summed E-state index contributed by atoms with van der Waals surface area (Å²) in [6, 6.07) is 0. The molecule has 2 heteroatoms. The first-order valence-corrected chi connectivity index (χ1v) is 9.90. The summed E-state index contributed by atoms with van der Waals surface area (Å²) in [4.78, 5) is 0. The first kappa shape index (κ1) is 16.1. The summed E-state index contributed by atoms with van der Waals surface area (Å²) in [5.74, 6) is 3.46. The summed E-state index contributed by atoms with van der Waals surface area (Å²) in [5.41, 5.74) is 0.716. The molecule has 0 aromatic heterocycles. The lowest BCUT2D eigenvalue weighted by molar-refractivity contribution is -0.172. The van der Waals surface area contributed by atoms with Crippen LogP contribution in [0.25, 0.3) is 0 Å². The fraction of sp³-hybridized carbons (Fsp3) is 0.905. The predicted octanol–water partition coefficient (Wildman–Crippen LogP) is 4.16. The van der Waals surface area contributed by atoms with E-state index in [-0.39, 0.29) is 5.41 Å². The Morgan fingerprint density at radius 3 is 2.22 bits per heavy atom. The van der Waals surface area contributed by atoms with Gasteiger partial charge in [-0.05, 0) is 91.8 Å². The minimum atomic E-state index is -0.493. The van der Waals surface area contributed by atoms with Gasteiger partial charge >= 0.3 is 0 Å². The van der Waals surface area contributed by atoms with Crippen LogP contribution in [0.5, 0.6) is 0 Å². The zero-order chi connectivity index (χ0) is 16.4. The molecule has 0 unspecified atom stereocenters. The molecule has 0 heterocycles. The lowest BCUT2D eigenvalue weighted by Crippen LogP contribution is -2.58. The maximum Gasteiger partial charge on any atom is 0.0832 e. The van der Waals surface area contributed by atoms with Crippen molar-refractivity contribution in [1.29, 1.82) is 0 Å². The summed E-state index contributed by atoms with van der Waals surface area (Å²) in [6.07, 6.45) is 10.9. The second-order valence-corrected chi connectivity index (χ2v) is 9.63. The molecule has 0 aliphatic heterocycles. The van der Waals surface area contributed by atoms with Gasteiger partial charge in [0.1, 0.15) is 0 Å². The van der Waals surface area contributed by atoms with Crippen LogP contribution in [0.15, 0.2) is 12.7 Å². The molecule has 23 heavy (non-hydrogen) atoms. The van der Waals surface area contributed by atoms with Gasteiger partial charge in [-0.25, -0.2) is 0 Å². The number of allylic oxidation sites excluding steroid dienone is 1. The minimum absolute atomic E-state index is 0.245. The Kier molecular flexibility index (Phi) is 3.74. The number of rotatable bonds is 1. The van der Waals surface area contributed by atoms with Gasteiger partial charge in [-0.1, -0.05) is 19.9 Å². The van der Waals surface area contributed by atoms with Crippen LogP contribution in [0.4, 0.5) is 0 Å². The SMILES string of the molecule is C=C[C@H]1CC[C@H]2[C@@H]3CC[C@H]4[C@H](O)[C@@H](O)CC[C@]4(C)[C@H]3CC[C@]12C. The molecule has 2 nitrogen and oxygen atoms in total. The highest BCUT2D eigenvalue weighted by Gasteiger charge is 2.61. The fourth-order valence-electron chi connectivity index (χ4n) is 7.74. The molecule has 4 aliphatic rings. The van der Waals surface area contributed by atoms with Gasteiger partial charge in [0, 0.05) is 0 Å². The van der Waals surface area contributed by atoms with Crippen molar-refractivity contribution in [3.63, 3.8) is 0 Å². The number of aliphatic hydroxyl groups is 2. The van der Waals surface area contributed by atoms with Crippen molar-refractivity contribution in [3.8, 4) is 0 Å². The van der Waals surface area contributed by atoms with Gasteiger partial charge in [0.15, 0.2) is 0 Å². The van der Waals surface area contributed by atoms with E-state index in [1.165, 1.54) is 32.1 Å². The molecule has 0 bridgehead atoms. The minimum Gasteiger partial charge on any atom is -0.390 e. The largest absolute Gasteiger partial charge is 0.390 e. The van der Waals surface area contributed by atoms with E-state index in [2.05, 4.69) is 26.5 Å². The summed E-state index contributed by atoms with van der Waals surface area (Å²) in [7, 11) is 0. The van der Waals surface area contributed by atoms with Crippen LogP contribution >= 0.6 is 0 Å². The summed E-state index contributed by atoms with van der Waals surface area (Å²) < 4.78 is 0. The molecule has 0 aromatic carbocycles. The third-order valence-electron chi connectivity index (χ3n) is 9.09. The van der Waals surface area contributed by atoms with Gasteiger partial charge in [-0.3, -0.25) is 0 Å². The van der Waals surface area contributed by atoms with Crippen LogP contribution in [-0.4, -0.2) is 22.4 Å². The average Bonchev–Trinajstić information content (AvgIpc) is 2.88. The molecule has 4 rings (SSSR count). The van der Waals surface area contributed by atoms with E-state index >= 15 is 0 Å². The standard InChI is InChI=1S/C21H34O2/c1-4-13-5-7-15-14-6-8-17-19(23)18(22)10-12-21(17,3)16(14)9-11-20(13,15)2/h4,13-19,22-23H,1,5-12H2,2-3H3/t13-,14-,15-,16-,17-,18-,19-,20+,21+/m0/s1. The van der Waals surface area contributed by atoms with Gasteiger partial charge in [0.25, 0.3) is 0 Å². The third kappa shape index (κ3) is 2.07. The smallest absolute Gasteiger partial charge is 0.0832 e. The van der Waals surface area contributed by atoms with Crippen LogP contribution in [0.3, 0.4) is 0 Å². The second kappa shape index (κ2) is 5.33. The van der Waals surface area contributed by atoms with Gasteiger partial charge in [0.05, 0.1) is 12.2 Å². The molecule has 4 fully saturated rings. The molecule has 2 N–H and O–H groups in total. The van der Waals surface area contributed by atoms with Crippen LogP contribution in [0.1, 0.15) is 65.2 Å². The van der Waals surface area contributed by atoms with Crippen LogP contribution in [0, 0.1) is 40.4 Å². The van der Waals surface area contributed by atoms with Crippen molar-refractivity contribution < 1.29 is 10.2 Å². The Labute approximate surface area is 141 Å². The molecule has 4 saturated carbocycles. The average molecular weight is 319 g/mol. The van der Waals surface area contributed by atoms with Gasteiger partial charge in [0.2, 0.25) is 0 Å². The molecule has 0 aromatic rings. The normalized spacial score (nSPS) is 58.9. The maximum atomic E-state index is 10.6. The highest BCUT2D eigenvalue weighted by molar-refractivity contribution is 5.12. The molecular weight excluding hydrogens is 284 g/mol. The first-order valence-electron chi connectivity index (χ1n) is 9.90. The molecular formula is C21H34O2. The van der Waals surface area contributed by atoms with Crippen LogP contribution in [-0.2, 0) is 0 Å². The van der Waals surface area contributed by atoms with Gasteiger partial charge in [-0.2, -0.15) is 0 Å². The lowest BCUT2D eigenvalue weighted by atomic mass is 9.44. The van der Waals surface area contributed by atoms with E-state index in [1.807, 2.05) is 0 Å². The Morgan fingerprint density at radius 1 is 0.826 bits per heavy atom. The Morgan fingerprint density at radius 2 is 1.48 bits per heavy atom. The van der Waals surface area contributed by atoms with Gasteiger partial charge < -0.3 is 10.2 Å². The van der Waals surface area contributed by atoms with Crippen molar-refractivity contribution in [2.75, 3.05) is 0 Å². The Balaban J connectivity index is 1.64. The maximum absolute atomic E-state index is 10.6. The van der Waals surface area contributed by atoms with E-state index in [9.17, 15) is 10.2 Å². The van der Waals surface area contributed by atoms with E-state index in [1.54, 1.807) is 0 Å². The van der Waals surface area contributed by atoms with Crippen molar-refractivity contribution >= 4 is 0 Å². The monoisotopic (exact) mass is 318 g/mol. The van der Waals surface area contributed by atoms with E-state index < -0.39 is 12.2 Å². The number of aliphatic hydroxyl groups excluding tert-OH is 2. The summed E-state index contributed by atoms with van der Waals surface area (Å²) in [6.45, 7) is 9.09. The number of hydrogen-bond acceptors (Lipinski definition) is 2. The van der Waals surface area contributed by atoms with Crippen molar-refractivity contribution in [2.45, 2.75) is 77.4 Å². The Hall–Kier alpha value is -0.340. The van der Waals surface area contributed by atoms with E-state index in [0.29, 0.717) is 17.3 Å². The number of hydrogen-bond donors (Lipinski definition) is 2. The molecule has 4 aliphatic carbocycles. The van der Waals surface area contributed by atoms with Crippen molar-refractivity contribution in [3.05, 3.63) is 12.7 Å².